The van der Waals surface area contributed by atoms with Gasteiger partial charge in [0.05, 0.1) is 0 Å². The number of nitrogens with zero attached hydrogens (tertiary/aromatic N) is 1. The Hall–Kier alpha value is -0.870. The molecule has 0 saturated heterocycles. The van der Waals surface area contributed by atoms with E-state index < -0.39 is 0 Å². The van der Waals surface area contributed by atoms with Gasteiger partial charge in [0, 0.05) is 30.4 Å². The van der Waals surface area contributed by atoms with Crippen molar-refractivity contribution in [3.05, 3.63) is 21.9 Å². The summed E-state index contributed by atoms with van der Waals surface area (Å²) in [6.45, 7) is 8.06. The molecule has 0 aliphatic carbocycles. The molecule has 4 heteroatoms. The number of hydrogen-bond donors (Lipinski definition) is 1. The van der Waals surface area contributed by atoms with Crippen LogP contribution in [0.5, 0.6) is 0 Å². The molecule has 1 aromatic heterocycles. The van der Waals surface area contributed by atoms with Gasteiger partial charge >= 0.3 is 0 Å². The van der Waals surface area contributed by atoms with E-state index in [1.165, 1.54) is 10.4 Å². The van der Waals surface area contributed by atoms with Crippen LogP contribution in [0.15, 0.2) is 11.4 Å². The molecule has 0 atom stereocenters. The van der Waals surface area contributed by atoms with Crippen LogP contribution in [0, 0.1) is 6.92 Å². The largest absolute Gasteiger partial charge is 0.370 e. The van der Waals surface area contributed by atoms with Gasteiger partial charge in [-0.15, -0.1) is 11.3 Å². The monoisotopic (exact) mass is 240 g/mol. The summed E-state index contributed by atoms with van der Waals surface area (Å²) in [4.78, 5) is 14.4. The molecule has 1 amide bonds. The number of thiophene rings is 1. The lowest BCUT2D eigenvalue weighted by Gasteiger charge is -2.25. The van der Waals surface area contributed by atoms with E-state index in [0.717, 1.165) is 13.1 Å². The quantitative estimate of drug-likeness (QED) is 0.828. The number of hydrogen-bond acceptors (Lipinski definition) is 3. The Labute approximate surface area is 101 Å². The molecule has 3 nitrogen and oxygen atoms in total. The maximum Gasteiger partial charge on any atom is 0.218 e. The third-order valence-electron chi connectivity index (χ3n) is 2.69. The maximum absolute atomic E-state index is 10.8. The molecule has 1 aromatic rings. The van der Waals surface area contributed by atoms with Crippen molar-refractivity contribution < 1.29 is 4.79 Å². The standard InChI is InChI=1S/C12H20N2OS/c1-9(2)14(6-4-12(13)15)8-11-10(3)5-7-16-11/h5,7,9H,4,6,8H2,1-3H3,(H2,13,15). The number of carbonyl (C=O) groups is 1. The van der Waals surface area contributed by atoms with Gasteiger partial charge in [0.15, 0.2) is 0 Å². The highest BCUT2D eigenvalue weighted by molar-refractivity contribution is 7.10. The van der Waals surface area contributed by atoms with Crippen molar-refractivity contribution in [2.24, 2.45) is 5.73 Å². The van der Waals surface area contributed by atoms with E-state index in [1.807, 2.05) is 0 Å². The molecule has 1 rings (SSSR count). The van der Waals surface area contributed by atoms with E-state index in [1.54, 1.807) is 11.3 Å². The van der Waals surface area contributed by atoms with Crippen LogP contribution in [-0.2, 0) is 11.3 Å². The Balaban J connectivity index is 2.58. The zero-order chi connectivity index (χ0) is 12.1. The van der Waals surface area contributed by atoms with Crippen molar-refractivity contribution in [1.29, 1.82) is 0 Å². The third-order valence-corrected chi connectivity index (χ3v) is 3.70. The first-order valence-corrected chi connectivity index (χ1v) is 6.44. The highest BCUT2D eigenvalue weighted by Crippen LogP contribution is 2.19. The van der Waals surface area contributed by atoms with E-state index in [4.69, 9.17) is 5.73 Å². The second-order valence-corrected chi connectivity index (χ2v) is 5.31. The van der Waals surface area contributed by atoms with Crippen molar-refractivity contribution >= 4 is 17.2 Å². The third kappa shape index (κ3) is 3.94. The number of amides is 1. The predicted molar refractivity (Wildman–Crippen MR) is 68.4 cm³/mol. The lowest BCUT2D eigenvalue weighted by atomic mass is 10.2. The molecule has 0 saturated carbocycles. The number of aryl methyl sites for hydroxylation is 1. The molecule has 1 heterocycles. The van der Waals surface area contributed by atoms with Gasteiger partial charge in [-0.1, -0.05) is 0 Å². The van der Waals surface area contributed by atoms with Crippen molar-refractivity contribution in [2.45, 2.75) is 39.8 Å². The Morgan fingerprint density at radius 3 is 2.69 bits per heavy atom. The lowest BCUT2D eigenvalue weighted by molar-refractivity contribution is -0.118. The van der Waals surface area contributed by atoms with Crippen LogP contribution in [0.4, 0.5) is 0 Å². The molecule has 0 fully saturated rings. The van der Waals surface area contributed by atoms with Crippen LogP contribution < -0.4 is 5.73 Å². The minimum Gasteiger partial charge on any atom is -0.370 e. The van der Waals surface area contributed by atoms with Crippen molar-refractivity contribution in [3.8, 4) is 0 Å². The minimum absolute atomic E-state index is 0.228. The summed E-state index contributed by atoms with van der Waals surface area (Å²) in [5.74, 6) is -0.228. The number of primary amides is 1. The smallest absolute Gasteiger partial charge is 0.218 e. The topological polar surface area (TPSA) is 46.3 Å². The highest BCUT2D eigenvalue weighted by Gasteiger charge is 2.12. The fraction of sp³-hybridized carbons (Fsp3) is 0.583. The average molecular weight is 240 g/mol. The van der Waals surface area contributed by atoms with Gasteiger partial charge in [0.2, 0.25) is 5.91 Å². The van der Waals surface area contributed by atoms with Gasteiger partial charge in [-0.25, -0.2) is 0 Å². The summed E-state index contributed by atoms with van der Waals surface area (Å²) in [5.41, 5.74) is 6.51. The van der Waals surface area contributed by atoms with Gasteiger partial charge in [-0.05, 0) is 37.8 Å². The lowest BCUT2D eigenvalue weighted by Crippen LogP contribution is -2.33. The Kier molecular flexibility index (Phi) is 4.96. The van der Waals surface area contributed by atoms with E-state index in [2.05, 4.69) is 37.1 Å². The van der Waals surface area contributed by atoms with Gasteiger partial charge in [-0.2, -0.15) is 0 Å². The molecule has 2 N–H and O–H groups in total. The van der Waals surface area contributed by atoms with Gasteiger partial charge < -0.3 is 5.73 Å². The van der Waals surface area contributed by atoms with E-state index in [-0.39, 0.29) is 5.91 Å². The number of carbonyl (C=O) groups excluding carboxylic acids is 1. The van der Waals surface area contributed by atoms with Crippen molar-refractivity contribution in [1.82, 2.24) is 4.90 Å². The van der Waals surface area contributed by atoms with Gasteiger partial charge in [-0.3, -0.25) is 9.69 Å². The minimum atomic E-state index is -0.228. The fourth-order valence-corrected chi connectivity index (χ4v) is 2.45. The first-order chi connectivity index (χ1) is 7.50. The van der Waals surface area contributed by atoms with Crippen LogP contribution in [-0.4, -0.2) is 23.4 Å². The van der Waals surface area contributed by atoms with Crippen molar-refractivity contribution in [2.75, 3.05) is 6.54 Å². The molecule has 0 radical (unpaired) electrons. The second-order valence-electron chi connectivity index (χ2n) is 4.31. The summed E-state index contributed by atoms with van der Waals surface area (Å²) in [6.07, 6.45) is 0.433. The highest BCUT2D eigenvalue weighted by atomic mass is 32.1. The first kappa shape index (κ1) is 13.2. The Bertz CT molecular complexity index is 347. The van der Waals surface area contributed by atoms with E-state index >= 15 is 0 Å². The molecule has 0 aromatic carbocycles. The molecule has 16 heavy (non-hydrogen) atoms. The first-order valence-electron chi connectivity index (χ1n) is 5.56. The zero-order valence-corrected chi connectivity index (χ0v) is 11.0. The van der Waals surface area contributed by atoms with Crippen LogP contribution in [0.25, 0.3) is 0 Å². The summed E-state index contributed by atoms with van der Waals surface area (Å²) >= 11 is 1.77. The second kappa shape index (κ2) is 6.01. The summed E-state index contributed by atoms with van der Waals surface area (Å²) in [7, 11) is 0. The normalized spacial score (nSPS) is 11.3. The SMILES string of the molecule is Cc1ccsc1CN(CCC(N)=O)C(C)C. The van der Waals surface area contributed by atoms with E-state index in [9.17, 15) is 4.79 Å². The molecule has 0 bridgehead atoms. The number of nitrogens with two attached hydrogens (primary N) is 1. The maximum atomic E-state index is 10.8. The van der Waals surface area contributed by atoms with Gasteiger partial charge in [0.25, 0.3) is 0 Å². The molecule has 0 spiro atoms. The summed E-state index contributed by atoms with van der Waals surface area (Å²) in [5, 5.41) is 2.11. The molecular formula is C12H20N2OS. The molecular weight excluding hydrogens is 220 g/mol. The predicted octanol–water partition coefficient (Wildman–Crippen LogP) is 2.14. The van der Waals surface area contributed by atoms with Crippen LogP contribution in [0.2, 0.25) is 0 Å². The summed E-state index contributed by atoms with van der Waals surface area (Å²) < 4.78 is 0. The van der Waals surface area contributed by atoms with Crippen LogP contribution >= 0.6 is 11.3 Å². The van der Waals surface area contributed by atoms with Gasteiger partial charge in [0.1, 0.15) is 0 Å². The molecule has 0 unspecified atom stereocenters. The molecule has 0 aliphatic rings. The summed E-state index contributed by atoms with van der Waals surface area (Å²) in [6, 6.07) is 2.56. The average Bonchev–Trinajstić information content (AvgIpc) is 2.58. The van der Waals surface area contributed by atoms with E-state index in [0.29, 0.717) is 12.5 Å². The Morgan fingerprint density at radius 2 is 2.25 bits per heavy atom. The van der Waals surface area contributed by atoms with Crippen LogP contribution in [0.1, 0.15) is 30.7 Å². The molecule has 0 aliphatic heterocycles. The molecule has 90 valence electrons. The fourth-order valence-electron chi connectivity index (χ4n) is 1.52. The zero-order valence-electron chi connectivity index (χ0n) is 10.2. The van der Waals surface area contributed by atoms with Crippen LogP contribution in [0.3, 0.4) is 0 Å². The Morgan fingerprint density at radius 1 is 1.56 bits per heavy atom. The van der Waals surface area contributed by atoms with Crippen molar-refractivity contribution in [3.63, 3.8) is 0 Å². The number of rotatable bonds is 6.